The van der Waals surface area contributed by atoms with Crippen LogP contribution in [-0.4, -0.2) is 30.0 Å². The highest BCUT2D eigenvalue weighted by atomic mass is 35.5. The van der Waals surface area contributed by atoms with Crippen LogP contribution in [0.4, 0.5) is 0 Å². The molecule has 2 aliphatic rings. The van der Waals surface area contributed by atoms with E-state index in [9.17, 15) is 4.79 Å². The maximum atomic E-state index is 12.2. The van der Waals surface area contributed by atoms with E-state index in [0.29, 0.717) is 12.3 Å². The molecule has 0 saturated heterocycles. The first-order valence-corrected chi connectivity index (χ1v) is 7.59. The molecule has 0 unspecified atom stereocenters. The summed E-state index contributed by atoms with van der Waals surface area (Å²) in [6.45, 7) is 0. The fourth-order valence-corrected chi connectivity index (χ4v) is 3.51. The van der Waals surface area contributed by atoms with E-state index >= 15 is 0 Å². The Morgan fingerprint density at radius 1 is 1.17 bits per heavy atom. The summed E-state index contributed by atoms with van der Waals surface area (Å²) >= 11 is 6.09. The van der Waals surface area contributed by atoms with Crippen LogP contribution in [0, 0.1) is 0 Å². The van der Waals surface area contributed by atoms with Gasteiger partial charge in [0.15, 0.2) is 0 Å². The maximum absolute atomic E-state index is 12.2. The number of hydrogen-bond acceptors (Lipinski definition) is 2. The smallest absolute Gasteiger partial charge is 0.223 e. The lowest BCUT2D eigenvalue weighted by atomic mass is 9.76. The van der Waals surface area contributed by atoms with Crippen LogP contribution in [0.3, 0.4) is 0 Å². The highest BCUT2D eigenvalue weighted by molar-refractivity contribution is 6.18. The van der Waals surface area contributed by atoms with Crippen molar-refractivity contribution >= 4 is 17.5 Å². The van der Waals surface area contributed by atoms with Gasteiger partial charge in [-0.2, -0.15) is 0 Å². The molecule has 0 spiro atoms. The third kappa shape index (κ3) is 3.00. The molecule has 0 aromatic carbocycles. The van der Waals surface area contributed by atoms with Gasteiger partial charge in [0.2, 0.25) is 5.91 Å². The molecule has 0 bridgehead atoms. The minimum atomic E-state index is -0.188. The summed E-state index contributed by atoms with van der Waals surface area (Å²) in [5.41, 5.74) is -0.345. The monoisotopic (exact) mass is 273 g/mol. The lowest BCUT2D eigenvalue weighted by Gasteiger charge is -2.42. The van der Waals surface area contributed by atoms with Gasteiger partial charge in [-0.25, -0.2) is 0 Å². The minimum Gasteiger partial charge on any atom is -0.378 e. The van der Waals surface area contributed by atoms with E-state index in [4.69, 9.17) is 16.3 Å². The fraction of sp³-hybridized carbons (Fsp3) is 0.929. The first kappa shape index (κ1) is 14.1. The Morgan fingerprint density at radius 2 is 1.83 bits per heavy atom. The lowest BCUT2D eigenvalue weighted by Crippen LogP contribution is -2.54. The molecular weight excluding hydrogens is 250 g/mol. The van der Waals surface area contributed by atoms with Crippen LogP contribution in [0.2, 0.25) is 0 Å². The highest BCUT2D eigenvalue weighted by Crippen LogP contribution is 2.38. The zero-order valence-corrected chi connectivity index (χ0v) is 12.0. The standard InChI is InChI=1S/C14H24ClNO2/c1-18-14(8-5-9-14)10-12(17)16-13(11-15)6-3-2-4-7-13/h2-11H2,1H3,(H,16,17). The molecule has 0 aromatic rings. The van der Waals surface area contributed by atoms with E-state index in [2.05, 4.69) is 5.32 Å². The number of nitrogens with one attached hydrogen (secondary N) is 1. The summed E-state index contributed by atoms with van der Waals surface area (Å²) in [6.07, 6.45) is 9.30. The van der Waals surface area contributed by atoms with Crippen LogP contribution in [0.5, 0.6) is 0 Å². The molecule has 1 N–H and O–H groups in total. The van der Waals surface area contributed by atoms with Gasteiger partial charge in [-0.1, -0.05) is 19.3 Å². The third-order valence-corrected chi connectivity index (χ3v) is 5.16. The predicted molar refractivity (Wildman–Crippen MR) is 72.9 cm³/mol. The molecule has 3 nitrogen and oxygen atoms in total. The van der Waals surface area contributed by atoms with Crippen LogP contribution < -0.4 is 5.32 Å². The average molecular weight is 274 g/mol. The molecule has 4 heteroatoms. The SMILES string of the molecule is COC1(CC(=O)NC2(CCl)CCCCC2)CCC1. The first-order valence-electron chi connectivity index (χ1n) is 7.06. The summed E-state index contributed by atoms with van der Waals surface area (Å²) in [5.74, 6) is 0.637. The minimum absolute atomic E-state index is 0.110. The molecule has 0 radical (unpaired) electrons. The second-order valence-electron chi connectivity index (χ2n) is 5.94. The van der Waals surface area contributed by atoms with Crippen molar-refractivity contribution in [3.8, 4) is 0 Å². The fourth-order valence-electron chi connectivity index (χ4n) is 3.18. The summed E-state index contributed by atoms with van der Waals surface area (Å²) in [7, 11) is 1.71. The van der Waals surface area contributed by atoms with Gasteiger partial charge in [0.25, 0.3) is 0 Å². The number of amides is 1. The van der Waals surface area contributed by atoms with Gasteiger partial charge < -0.3 is 10.1 Å². The molecule has 2 saturated carbocycles. The van der Waals surface area contributed by atoms with E-state index in [1.807, 2.05) is 0 Å². The molecule has 0 aliphatic heterocycles. The lowest BCUT2D eigenvalue weighted by molar-refractivity contribution is -0.136. The van der Waals surface area contributed by atoms with E-state index in [0.717, 1.165) is 25.7 Å². The molecule has 0 heterocycles. The largest absolute Gasteiger partial charge is 0.378 e. The van der Waals surface area contributed by atoms with Gasteiger partial charge in [0.05, 0.1) is 17.6 Å². The topological polar surface area (TPSA) is 38.3 Å². The van der Waals surface area contributed by atoms with E-state index in [-0.39, 0.29) is 17.0 Å². The van der Waals surface area contributed by atoms with Crippen molar-refractivity contribution in [3.63, 3.8) is 0 Å². The number of carbonyl (C=O) groups is 1. The Kier molecular flexibility index (Phi) is 4.54. The first-order chi connectivity index (χ1) is 8.64. The molecule has 1 amide bonds. The normalized spacial score (nSPS) is 25.2. The van der Waals surface area contributed by atoms with Crippen LogP contribution >= 0.6 is 11.6 Å². The quantitative estimate of drug-likeness (QED) is 0.782. The number of ether oxygens (including phenoxy) is 1. The second kappa shape index (κ2) is 5.79. The number of carbonyl (C=O) groups excluding carboxylic acids is 1. The summed E-state index contributed by atoms with van der Waals surface area (Å²) in [5, 5.41) is 3.19. The molecule has 2 fully saturated rings. The predicted octanol–water partition coefficient (Wildman–Crippen LogP) is 3.00. The molecule has 2 aliphatic carbocycles. The van der Waals surface area contributed by atoms with Gasteiger partial charge in [-0.3, -0.25) is 4.79 Å². The Balaban J connectivity index is 1.89. The van der Waals surface area contributed by atoms with E-state index in [1.54, 1.807) is 7.11 Å². The summed E-state index contributed by atoms with van der Waals surface area (Å²) in [4.78, 5) is 12.2. The molecule has 2 rings (SSSR count). The van der Waals surface area contributed by atoms with Gasteiger partial charge >= 0.3 is 0 Å². The van der Waals surface area contributed by atoms with Crippen molar-refractivity contribution in [2.45, 2.75) is 68.9 Å². The van der Waals surface area contributed by atoms with Crippen molar-refractivity contribution in [2.75, 3.05) is 13.0 Å². The zero-order valence-electron chi connectivity index (χ0n) is 11.3. The Hall–Kier alpha value is -0.280. The van der Waals surface area contributed by atoms with Crippen molar-refractivity contribution < 1.29 is 9.53 Å². The van der Waals surface area contributed by atoms with Gasteiger partial charge in [-0.05, 0) is 32.1 Å². The van der Waals surface area contributed by atoms with Gasteiger partial charge in [0.1, 0.15) is 0 Å². The second-order valence-corrected chi connectivity index (χ2v) is 6.21. The van der Waals surface area contributed by atoms with Crippen molar-refractivity contribution in [3.05, 3.63) is 0 Å². The maximum Gasteiger partial charge on any atom is 0.223 e. The molecule has 0 aromatic heterocycles. The number of alkyl halides is 1. The Labute approximate surface area is 115 Å². The van der Waals surface area contributed by atoms with Crippen LogP contribution in [-0.2, 0) is 9.53 Å². The number of halogens is 1. The van der Waals surface area contributed by atoms with Crippen molar-refractivity contribution in [2.24, 2.45) is 0 Å². The third-order valence-electron chi connectivity index (χ3n) is 4.65. The molecular formula is C14H24ClNO2. The Bertz CT molecular complexity index is 291. The van der Waals surface area contributed by atoms with Gasteiger partial charge in [-0.15, -0.1) is 11.6 Å². The van der Waals surface area contributed by atoms with E-state index in [1.165, 1.54) is 25.7 Å². The molecule has 18 heavy (non-hydrogen) atoms. The van der Waals surface area contributed by atoms with Crippen molar-refractivity contribution in [1.29, 1.82) is 0 Å². The number of methoxy groups -OCH3 is 1. The molecule has 0 atom stereocenters. The molecule has 104 valence electrons. The van der Waals surface area contributed by atoms with Crippen LogP contribution in [0.1, 0.15) is 57.8 Å². The number of rotatable bonds is 5. The summed E-state index contributed by atoms with van der Waals surface area (Å²) < 4.78 is 5.51. The Morgan fingerprint density at radius 3 is 2.28 bits per heavy atom. The van der Waals surface area contributed by atoms with Gasteiger partial charge in [0, 0.05) is 13.0 Å². The number of hydrogen-bond donors (Lipinski definition) is 1. The van der Waals surface area contributed by atoms with E-state index < -0.39 is 0 Å². The highest BCUT2D eigenvalue weighted by Gasteiger charge is 2.41. The zero-order chi connectivity index (χ0) is 13.1. The summed E-state index contributed by atoms with van der Waals surface area (Å²) in [6, 6.07) is 0. The van der Waals surface area contributed by atoms with Crippen LogP contribution in [0.15, 0.2) is 0 Å². The average Bonchev–Trinajstić information content (AvgIpc) is 2.35. The van der Waals surface area contributed by atoms with Crippen LogP contribution in [0.25, 0.3) is 0 Å². The van der Waals surface area contributed by atoms with Crippen molar-refractivity contribution in [1.82, 2.24) is 5.32 Å².